The summed E-state index contributed by atoms with van der Waals surface area (Å²) in [6.45, 7) is 3.18. The summed E-state index contributed by atoms with van der Waals surface area (Å²) in [5.41, 5.74) is 1.49. The van der Waals surface area contributed by atoms with E-state index in [1.54, 1.807) is 12.1 Å². The Kier molecular flexibility index (Phi) is 6.23. The van der Waals surface area contributed by atoms with Gasteiger partial charge in [0.25, 0.3) is 0 Å². The van der Waals surface area contributed by atoms with Crippen molar-refractivity contribution in [3.63, 3.8) is 0 Å². The zero-order valence-corrected chi connectivity index (χ0v) is 17.0. The Bertz CT molecular complexity index is 1010. The Morgan fingerprint density at radius 2 is 1.47 bits per heavy atom. The molecule has 1 aromatic heterocycles. The minimum absolute atomic E-state index is 0.0759. The van der Waals surface area contributed by atoms with Crippen molar-refractivity contribution in [3.8, 4) is 0 Å². The first kappa shape index (κ1) is 20.3. The highest BCUT2D eigenvalue weighted by Crippen LogP contribution is 2.23. The van der Waals surface area contributed by atoms with Gasteiger partial charge in [0.2, 0.25) is 0 Å². The lowest BCUT2D eigenvalue weighted by Crippen LogP contribution is -2.46. The van der Waals surface area contributed by atoms with E-state index >= 15 is 0 Å². The van der Waals surface area contributed by atoms with E-state index in [0.717, 1.165) is 42.7 Å². The zero-order chi connectivity index (χ0) is 20.9. The molecular formula is C22H20F2N4OS. The van der Waals surface area contributed by atoms with E-state index in [1.807, 2.05) is 6.07 Å². The van der Waals surface area contributed by atoms with Crippen molar-refractivity contribution < 1.29 is 13.6 Å². The summed E-state index contributed by atoms with van der Waals surface area (Å²) in [5, 5.41) is 0.719. The third-order valence-electron chi connectivity index (χ3n) is 4.94. The van der Waals surface area contributed by atoms with Gasteiger partial charge < -0.3 is 9.80 Å². The maximum absolute atomic E-state index is 13.1. The molecule has 2 heterocycles. The quantitative estimate of drug-likeness (QED) is 0.337. The van der Waals surface area contributed by atoms with Crippen molar-refractivity contribution in [2.75, 3.05) is 41.7 Å². The largest absolute Gasteiger partial charge is 0.368 e. The average molecular weight is 426 g/mol. The molecule has 1 fully saturated rings. The number of carbonyl (C=O) groups excluding carboxylic acids is 1. The smallest absolute Gasteiger partial charge is 0.173 e. The molecule has 0 aliphatic carbocycles. The second-order valence-electron chi connectivity index (χ2n) is 6.88. The van der Waals surface area contributed by atoms with Crippen LogP contribution in [-0.4, -0.2) is 47.7 Å². The summed E-state index contributed by atoms with van der Waals surface area (Å²) in [4.78, 5) is 25.3. The lowest BCUT2D eigenvalue weighted by Gasteiger charge is -2.36. The molecule has 4 rings (SSSR count). The van der Waals surface area contributed by atoms with Crippen LogP contribution in [0.3, 0.4) is 0 Å². The van der Waals surface area contributed by atoms with Crippen LogP contribution in [0.25, 0.3) is 0 Å². The van der Waals surface area contributed by atoms with Gasteiger partial charge in [-0.1, -0.05) is 11.8 Å². The second kappa shape index (κ2) is 9.21. The first-order valence-corrected chi connectivity index (χ1v) is 10.6. The highest BCUT2D eigenvalue weighted by atomic mass is 32.2. The molecule has 2 aromatic carbocycles. The lowest BCUT2D eigenvalue weighted by molar-refractivity contribution is 0.102. The molecule has 8 heteroatoms. The number of nitrogens with zero attached hydrogens (tertiary/aromatic N) is 4. The number of Topliss-reactive ketones (excluding diaryl/α,β-unsaturated/α-hetero) is 1. The number of hydrogen-bond donors (Lipinski definition) is 0. The topological polar surface area (TPSA) is 49.3 Å². The number of benzene rings is 2. The monoisotopic (exact) mass is 426 g/mol. The Morgan fingerprint density at radius 1 is 0.867 bits per heavy atom. The van der Waals surface area contributed by atoms with Gasteiger partial charge in [0, 0.05) is 43.5 Å². The highest BCUT2D eigenvalue weighted by Gasteiger charge is 2.19. The van der Waals surface area contributed by atoms with Crippen molar-refractivity contribution in [2.24, 2.45) is 0 Å². The van der Waals surface area contributed by atoms with E-state index in [4.69, 9.17) is 0 Å². The number of hydrogen-bond acceptors (Lipinski definition) is 6. The first-order valence-electron chi connectivity index (χ1n) is 9.57. The maximum atomic E-state index is 13.1. The van der Waals surface area contributed by atoms with E-state index in [-0.39, 0.29) is 23.2 Å². The van der Waals surface area contributed by atoms with Crippen LogP contribution in [0.1, 0.15) is 10.4 Å². The van der Waals surface area contributed by atoms with Crippen LogP contribution < -0.4 is 9.80 Å². The minimum atomic E-state index is -0.362. The fourth-order valence-corrected chi connectivity index (χ4v) is 4.04. The van der Waals surface area contributed by atoms with Gasteiger partial charge in [-0.2, -0.15) is 0 Å². The summed E-state index contributed by atoms with van der Waals surface area (Å²) in [5.74, 6) is 0.370. The molecule has 0 N–H and O–H groups in total. The van der Waals surface area contributed by atoms with E-state index in [2.05, 4.69) is 19.8 Å². The molecule has 0 spiro atoms. The van der Waals surface area contributed by atoms with Crippen LogP contribution in [0, 0.1) is 11.6 Å². The molecular weight excluding hydrogens is 406 g/mol. The fraction of sp³-hybridized carbons (Fsp3) is 0.227. The van der Waals surface area contributed by atoms with Crippen molar-refractivity contribution in [3.05, 3.63) is 78.1 Å². The standard InChI is InChI=1S/C22H20F2N4OS/c23-17-3-1-16(2-4-17)20(29)14-30-22-13-21(25-15-26-22)28-11-9-27(10-12-28)19-7-5-18(24)6-8-19/h1-8,13,15H,9-12,14H2. The molecule has 1 aliphatic heterocycles. The van der Waals surface area contributed by atoms with E-state index in [0.29, 0.717) is 5.56 Å². The van der Waals surface area contributed by atoms with Crippen LogP contribution in [0.2, 0.25) is 0 Å². The van der Waals surface area contributed by atoms with Gasteiger partial charge in [0.1, 0.15) is 28.8 Å². The molecule has 0 saturated carbocycles. The predicted molar refractivity (Wildman–Crippen MR) is 114 cm³/mol. The second-order valence-corrected chi connectivity index (χ2v) is 7.88. The number of ketones is 1. The molecule has 0 atom stereocenters. The summed E-state index contributed by atoms with van der Waals surface area (Å²) in [6.07, 6.45) is 1.51. The first-order chi connectivity index (χ1) is 14.6. The van der Waals surface area contributed by atoms with Gasteiger partial charge in [-0.05, 0) is 48.5 Å². The summed E-state index contributed by atoms with van der Waals surface area (Å²) < 4.78 is 26.1. The van der Waals surface area contributed by atoms with E-state index in [1.165, 1.54) is 54.5 Å². The number of halogens is 2. The zero-order valence-electron chi connectivity index (χ0n) is 16.2. The van der Waals surface area contributed by atoms with E-state index < -0.39 is 0 Å². The fourth-order valence-electron chi connectivity index (χ4n) is 3.29. The summed E-state index contributed by atoms with van der Waals surface area (Å²) in [6, 6.07) is 14.0. The maximum Gasteiger partial charge on any atom is 0.173 e. The molecule has 3 aromatic rings. The number of aromatic nitrogens is 2. The van der Waals surface area contributed by atoms with Gasteiger partial charge in [0.15, 0.2) is 5.78 Å². The SMILES string of the molecule is O=C(CSc1cc(N2CCN(c3ccc(F)cc3)CC2)ncn1)c1ccc(F)cc1. The number of thioether (sulfide) groups is 1. The van der Waals surface area contributed by atoms with Gasteiger partial charge >= 0.3 is 0 Å². The average Bonchev–Trinajstić information content (AvgIpc) is 2.79. The summed E-state index contributed by atoms with van der Waals surface area (Å²) >= 11 is 1.34. The van der Waals surface area contributed by atoms with Gasteiger partial charge in [0.05, 0.1) is 5.75 Å². The predicted octanol–water partition coefficient (Wildman–Crippen LogP) is 4.06. The van der Waals surface area contributed by atoms with Crippen molar-refractivity contribution in [1.82, 2.24) is 9.97 Å². The van der Waals surface area contributed by atoms with Crippen molar-refractivity contribution in [2.45, 2.75) is 5.03 Å². The third kappa shape index (κ3) is 4.94. The van der Waals surface area contributed by atoms with E-state index in [9.17, 15) is 13.6 Å². The Morgan fingerprint density at radius 3 is 2.13 bits per heavy atom. The lowest BCUT2D eigenvalue weighted by atomic mass is 10.1. The van der Waals surface area contributed by atoms with Crippen LogP contribution in [0.15, 0.2) is 66.0 Å². The van der Waals surface area contributed by atoms with Gasteiger partial charge in [-0.3, -0.25) is 4.79 Å². The highest BCUT2D eigenvalue weighted by molar-refractivity contribution is 7.99. The molecule has 1 saturated heterocycles. The Labute approximate surface area is 177 Å². The normalized spacial score (nSPS) is 14.1. The number of rotatable bonds is 6. The Balaban J connectivity index is 1.34. The molecule has 30 heavy (non-hydrogen) atoms. The summed E-state index contributed by atoms with van der Waals surface area (Å²) in [7, 11) is 0. The molecule has 154 valence electrons. The molecule has 1 aliphatic rings. The molecule has 5 nitrogen and oxygen atoms in total. The van der Waals surface area contributed by atoms with Crippen molar-refractivity contribution in [1.29, 1.82) is 0 Å². The van der Waals surface area contributed by atoms with Gasteiger partial charge in [-0.15, -0.1) is 0 Å². The third-order valence-corrected chi connectivity index (χ3v) is 5.87. The van der Waals surface area contributed by atoms with Crippen molar-refractivity contribution >= 4 is 29.1 Å². The Hall–Kier alpha value is -3.00. The van der Waals surface area contributed by atoms with Gasteiger partial charge in [-0.25, -0.2) is 18.7 Å². The molecule has 0 radical (unpaired) electrons. The van der Waals surface area contributed by atoms with Crippen LogP contribution in [0.4, 0.5) is 20.3 Å². The van der Waals surface area contributed by atoms with Crippen LogP contribution in [0.5, 0.6) is 0 Å². The number of carbonyl (C=O) groups is 1. The molecule has 0 unspecified atom stereocenters. The number of piperazine rings is 1. The number of anilines is 2. The van der Waals surface area contributed by atoms with Crippen LogP contribution in [-0.2, 0) is 0 Å². The minimum Gasteiger partial charge on any atom is -0.368 e. The van der Waals surface area contributed by atoms with Crippen LogP contribution >= 0.6 is 11.8 Å². The molecule has 0 amide bonds. The molecule has 0 bridgehead atoms.